The van der Waals surface area contributed by atoms with Crippen LogP contribution in [-0.2, 0) is 0 Å². The minimum atomic E-state index is 0.100. The van der Waals surface area contributed by atoms with Crippen molar-refractivity contribution < 1.29 is 4.74 Å². The Hall–Kier alpha value is -2.65. The molecule has 3 rings (SSSR count). The van der Waals surface area contributed by atoms with Crippen LogP contribution in [0, 0.1) is 5.39 Å². The highest BCUT2D eigenvalue weighted by molar-refractivity contribution is 7.22. The average Bonchev–Trinajstić information content (AvgIpc) is 3.08. The number of diazo groups is 1. The molecule has 0 unspecified atom stereocenters. The predicted octanol–water partition coefficient (Wildman–Crippen LogP) is 6.12. The van der Waals surface area contributed by atoms with Crippen molar-refractivity contribution in [2.24, 2.45) is 0 Å². The SMILES string of the molecule is CCC(CC)Oc1cc2nc(N(C)c3ccccc3)sc2cc1[N+]#N. The molecule has 6 heteroatoms. The second-order valence-corrected chi connectivity index (χ2v) is 6.84. The van der Waals surface area contributed by atoms with Crippen molar-refractivity contribution in [1.29, 1.82) is 5.39 Å². The van der Waals surface area contributed by atoms with Crippen molar-refractivity contribution >= 4 is 38.1 Å². The van der Waals surface area contributed by atoms with Gasteiger partial charge < -0.3 is 9.64 Å². The number of anilines is 2. The van der Waals surface area contributed by atoms with Crippen LogP contribution in [0.4, 0.5) is 16.5 Å². The maximum absolute atomic E-state index is 9.35. The summed E-state index contributed by atoms with van der Waals surface area (Å²) in [5.41, 5.74) is 2.36. The molecule has 0 amide bonds. The Kier molecular flexibility index (Phi) is 5.15. The van der Waals surface area contributed by atoms with Gasteiger partial charge in [-0.15, -0.1) is 0 Å². The standard InChI is InChI=1S/C19H21N4OS/c1-4-14(5-2)24-17-11-16-18(12-15(17)22-20)25-19(21-16)23(3)13-9-7-6-8-10-13/h6-12,14H,4-5H2,1-3H3/q+1. The zero-order chi connectivity index (χ0) is 17.8. The molecular weight excluding hydrogens is 332 g/mol. The Labute approximate surface area is 151 Å². The smallest absolute Gasteiger partial charge is 0.427 e. The summed E-state index contributed by atoms with van der Waals surface area (Å²) in [4.78, 5) is 10.2. The quantitative estimate of drug-likeness (QED) is 0.501. The first kappa shape index (κ1) is 17.2. The van der Waals surface area contributed by atoms with Crippen LogP contribution >= 0.6 is 11.3 Å². The molecule has 1 heterocycles. The molecule has 0 bridgehead atoms. The molecule has 0 saturated heterocycles. The van der Waals surface area contributed by atoms with Crippen molar-refractivity contribution in [3.8, 4) is 5.75 Å². The molecule has 25 heavy (non-hydrogen) atoms. The van der Waals surface area contributed by atoms with E-state index in [4.69, 9.17) is 9.72 Å². The summed E-state index contributed by atoms with van der Waals surface area (Å²) < 4.78 is 6.96. The second kappa shape index (κ2) is 7.49. The normalized spacial score (nSPS) is 10.8. The molecule has 0 aliphatic heterocycles. The van der Waals surface area contributed by atoms with Gasteiger partial charge in [0.2, 0.25) is 11.1 Å². The first-order valence-electron chi connectivity index (χ1n) is 8.41. The molecular formula is C19H21N4OS+. The summed E-state index contributed by atoms with van der Waals surface area (Å²) in [6.45, 7) is 4.16. The summed E-state index contributed by atoms with van der Waals surface area (Å²) in [7, 11) is 1.99. The van der Waals surface area contributed by atoms with E-state index in [0.29, 0.717) is 11.4 Å². The minimum absolute atomic E-state index is 0.100. The highest BCUT2D eigenvalue weighted by Crippen LogP contribution is 2.39. The number of nitrogens with zero attached hydrogens (tertiary/aromatic N) is 4. The van der Waals surface area contributed by atoms with Gasteiger partial charge in [-0.3, -0.25) is 0 Å². The fraction of sp³-hybridized carbons (Fsp3) is 0.316. The maximum Gasteiger partial charge on any atom is 0.427 e. The first-order chi connectivity index (χ1) is 12.2. The first-order valence-corrected chi connectivity index (χ1v) is 9.23. The summed E-state index contributed by atoms with van der Waals surface area (Å²) in [6, 6.07) is 13.8. The van der Waals surface area contributed by atoms with Crippen molar-refractivity contribution in [3.63, 3.8) is 0 Å². The van der Waals surface area contributed by atoms with Gasteiger partial charge in [0.1, 0.15) is 0 Å². The average molecular weight is 353 g/mol. The highest BCUT2D eigenvalue weighted by Gasteiger charge is 2.22. The van der Waals surface area contributed by atoms with E-state index in [1.54, 1.807) is 11.3 Å². The zero-order valence-corrected chi connectivity index (χ0v) is 15.5. The third-order valence-electron chi connectivity index (χ3n) is 4.20. The Balaban J connectivity index is 1.99. The molecule has 0 radical (unpaired) electrons. The van der Waals surface area contributed by atoms with Gasteiger partial charge in [0.15, 0.2) is 10.1 Å². The molecule has 0 aliphatic rings. The second-order valence-electron chi connectivity index (χ2n) is 5.84. The summed E-state index contributed by atoms with van der Waals surface area (Å²) in [6.07, 6.45) is 1.90. The van der Waals surface area contributed by atoms with E-state index in [1.807, 2.05) is 54.4 Å². The summed E-state index contributed by atoms with van der Waals surface area (Å²) >= 11 is 1.56. The van der Waals surface area contributed by atoms with Crippen molar-refractivity contribution in [3.05, 3.63) is 47.4 Å². The van der Waals surface area contributed by atoms with E-state index < -0.39 is 0 Å². The number of fused-ring (bicyclic) bond motifs is 1. The van der Waals surface area contributed by atoms with Crippen molar-refractivity contribution in [2.75, 3.05) is 11.9 Å². The number of benzene rings is 2. The van der Waals surface area contributed by atoms with Crippen LogP contribution in [0.1, 0.15) is 26.7 Å². The molecule has 2 aromatic carbocycles. The van der Waals surface area contributed by atoms with Crippen LogP contribution < -0.4 is 9.64 Å². The minimum Gasteiger partial charge on any atom is -0.483 e. The van der Waals surface area contributed by atoms with Crippen LogP contribution in [0.3, 0.4) is 0 Å². The van der Waals surface area contributed by atoms with Crippen LogP contribution in [0.5, 0.6) is 5.75 Å². The number of thiazole rings is 1. The molecule has 3 aromatic rings. The number of rotatable bonds is 6. The Bertz CT molecular complexity index is 897. The van der Waals surface area contributed by atoms with E-state index in [2.05, 4.69) is 18.8 Å². The monoisotopic (exact) mass is 353 g/mol. The molecule has 128 valence electrons. The molecule has 0 spiro atoms. The van der Waals surface area contributed by atoms with Gasteiger partial charge >= 0.3 is 5.69 Å². The summed E-state index contributed by atoms with van der Waals surface area (Å²) in [5, 5.41) is 10.2. The third kappa shape index (κ3) is 3.57. The van der Waals surface area contributed by atoms with Crippen LogP contribution in [-0.4, -0.2) is 18.1 Å². The van der Waals surface area contributed by atoms with Crippen LogP contribution in [0.2, 0.25) is 0 Å². The van der Waals surface area contributed by atoms with Crippen molar-refractivity contribution in [2.45, 2.75) is 32.8 Å². The van der Waals surface area contributed by atoms with Crippen LogP contribution in [0.25, 0.3) is 15.2 Å². The number of hydrogen-bond acceptors (Lipinski definition) is 5. The lowest BCUT2D eigenvalue weighted by Crippen LogP contribution is -2.13. The zero-order valence-electron chi connectivity index (χ0n) is 14.6. The van der Waals surface area contributed by atoms with E-state index in [9.17, 15) is 5.39 Å². The van der Waals surface area contributed by atoms with Gasteiger partial charge in [0, 0.05) is 18.8 Å². The molecule has 0 aliphatic carbocycles. The predicted molar refractivity (Wildman–Crippen MR) is 104 cm³/mol. The lowest BCUT2D eigenvalue weighted by atomic mass is 10.2. The fourth-order valence-electron chi connectivity index (χ4n) is 2.64. The van der Waals surface area contributed by atoms with Gasteiger partial charge in [0.05, 0.1) is 22.4 Å². The van der Waals surface area contributed by atoms with Gasteiger partial charge in [-0.2, -0.15) is 0 Å². The largest absolute Gasteiger partial charge is 0.483 e. The highest BCUT2D eigenvalue weighted by atomic mass is 32.1. The molecule has 5 nitrogen and oxygen atoms in total. The van der Waals surface area contributed by atoms with Gasteiger partial charge in [-0.1, -0.05) is 43.4 Å². The fourth-order valence-corrected chi connectivity index (χ4v) is 3.61. The molecule has 0 fully saturated rings. The Morgan fingerprint density at radius 2 is 1.92 bits per heavy atom. The topological polar surface area (TPSA) is 53.5 Å². The van der Waals surface area contributed by atoms with E-state index in [1.165, 1.54) is 0 Å². The Morgan fingerprint density at radius 1 is 1.20 bits per heavy atom. The Morgan fingerprint density at radius 3 is 2.56 bits per heavy atom. The van der Waals surface area contributed by atoms with Crippen molar-refractivity contribution in [1.82, 2.24) is 4.98 Å². The van der Waals surface area contributed by atoms with E-state index in [0.717, 1.165) is 33.9 Å². The number of ether oxygens (including phenoxy) is 1. The van der Waals surface area contributed by atoms with Gasteiger partial charge in [-0.25, -0.2) is 4.98 Å². The lowest BCUT2D eigenvalue weighted by molar-refractivity contribution is 0.194. The molecule has 1 aromatic heterocycles. The molecule has 0 N–H and O–H groups in total. The van der Waals surface area contributed by atoms with Crippen LogP contribution in [0.15, 0.2) is 42.5 Å². The maximum atomic E-state index is 9.35. The molecule has 0 atom stereocenters. The number of hydrogen-bond donors (Lipinski definition) is 0. The lowest BCUT2D eigenvalue weighted by Gasteiger charge is -2.15. The number of para-hydroxylation sites is 1. The third-order valence-corrected chi connectivity index (χ3v) is 5.29. The van der Waals surface area contributed by atoms with Gasteiger partial charge in [0.25, 0.3) is 0 Å². The van der Waals surface area contributed by atoms with E-state index in [-0.39, 0.29) is 6.10 Å². The summed E-state index contributed by atoms with van der Waals surface area (Å²) in [5.74, 6) is 0.572. The van der Waals surface area contributed by atoms with Gasteiger partial charge in [-0.05, 0) is 25.0 Å². The van der Waals surface area contributed by atoms with E-state index >= 15 is 0 Å². The number of aromatic nitrogens is 1. The molecule has 0 saturated carbocycles.